The molecule has 25 heavy (non-hydrogen) atoms. The molecular formula is C14H12F3NO5S2. The Morgan fingerprint density at radius 1 is 1.12 bits per heavy atom. The third-order valence-corrected chi connectivity index (χ3v) is 5.83. The van der Waals surface area contributed by atoms with Gasteiger partial charge in [0.1, 0.15) is 0 Å². The Balaban J connectivity index is 2.18. The van der Waals surface area contributed by atoms with Gasteiger partial charge in [0.2, 0.25) is 0 Å². The van der Waals surface area contributed by atoms with Crippen molar-refractivity contribution in [2.75, 3.05) is 0 Å². The van der Waals surface area contributed by atoms with Crippen LogP contribution in [0.25, 0.3) is 16.8 Å². The summed E-state index contributed by atoms with van der Waals surface area (Å²) in [5.74, 6) is 0. The van der Waals surface area contributed by atoms with Gasteiger partial charge >= 0.3 is 25.8 Å². The maximum atomic E-state index is 12.2. The van der Waals surface area contributed by atoms with Gasteiger partial charge in [-0.25, -0.2) is 8.42 Å². The summed E-state index contributed by atoms with van der Waals surface area (Å²) in [6.07, 6.45) is 1.63. The molecule has 0 aliphatic carbocycles. The van der Waals surface area contributed by atoms with Gasteiger partial charge in [0.25, 0.3) is 0 Å². The van der Waals surface area contributed by atoms with Crippen molar-refractivity contribution < 1.29 is 34.2 Å². The van der Waals surface area contributed by atoms with Gasteiger partial charge < -0.3 is 0 Å². The van der Waals surface area contributed by atoms with Gasteiger partial charge in [-0.05, 0) is 28.0 Å². The van der Waals surface area contributed by atoms with Crippen molar-refractivity contribution >= 4 is 37.2 Å². The van der Waals surface area contributed by atoms with E-state index in [4.69, 9.17) is 0 Å². The van der Waals surface area contributed by atoms with E-state index in [1.807, 2.05) is 6.07 Å². The van der Waals surface area contributed by atoms with Crippen molar-refractivity contribution in [3.63, 3.8) is 0 Å². The van der Waals surface area contributed by atoms with Gasteiger partial charge in [-0.3, -0.25) is 4.18 Å². The standard InChI is InChI=1S/C14H12F3NO5S2/c1-2-11-4-3-5-12-8-10(6-7-13(11)12)9-23-25(21,22)18-24(19,20)14(15,16)17/h2-8,18H,1,9H2. The van der Waals surface area contributed by atoms with Gasteiger partial charge in [0.05, 0.1) is 6.61 Å². The molecule has 0 unspecified atom stereocenters. The molecule has 0 saturated carbocycles. The zero-order valence-corrected chi connectivity index (χ0v) is 14.1. The summed E-state index contributed by atoms with van der Waals surface area (Å²) in [4.78, 5) is 0. The predicted octanol–water partition coefficient (Wildman–Crippen LogP) is 2.68. The van der Waals surface area contributed by atoms with E-state index in [0.717, 1.165) is 16.3 Å². The molecule has 136 valence electrons. The molecule has 0 amide bonds. The summed E-state index contributed by atoms with van der Waals surface area (Å²) in [7, 11) is -11.2. The molecule has 0 atom stereocenters. The first-order valence-electron chi connectivity index (χ1n) is 6.58. The first-order valence-corrected chi connectivity index (χ1v) is 9.48. The number of fused-ring (bicyclic) bond motifs is 1. The Morgan fingerprint density at radius 3 is 2.40 bits per heavy atom. The van der Waals surface area contributed by atoms with Crippen molar-refractivity contribution in [1.29, 1.82) is 0 Å². The minimum atomic E-state index is -6.08. The van der Waals surface area contributed by atoms with Crippen molar-refractivity contribution in [3.05, 3.63) is 54.1 Å². The van der Waals surface area contributed by atoms with E-state index >= 15 is 0 Å². The number of alkyl halides is 3. The van der Waals surface area contributed by atoms with Crippen LogP contribution in [-0.2, 0) is 31.1 Å². The highest BCUT2D eigenvalue weighted by Crippen LogP contribution is 2.23. The van der Waals surface area contributed by atoms with Gasteiger partial charge in [0, 0.05) is 0 Å². The van der Waals surface area contributed by atoms with Crippen LogP contribution in [0.15, 0.2) is 43.0 Å². The molecule has 0 aliphatic rings. The second-order valence-electron chi connectivity index (χ2n) is 4.86. The quantitative estimate of drug-likeness (QED) is 0.812. The third kappa shape index (κ3) is 4.57. The SMILES string of the molecule is C=Cc1cccc2cc(COS(=O)(=O)NS(=O)(=O)C(F)(F)F)ccc12. The molecule has 0 heterocycles. The molecule has 1 N–H and O–H groups in total. The number of sulfonamides is 1. The van der Waals surface area contributed by atoms with Crippen molar-refractivity contribution in [1.82, 2.24) is 4.13 Å². The molecule has 2 aromatic rings. The van der Waals surface area contributed by atoms with Crippen LogP contribution in [-0.4, -0.2) is 22.3 Å². The topological polar surface area (TPSA) is 89.5 Å². The van der Waals surface area contributed by atoms with E-state index in [9.17, 15) is 30.0 Å². The van der Waals surface area contributed by atoms with Crippen molar-refractivity contribution in [2.45, 2.75) is 12.1 Å². The summed E-state index contributed by atoms with van der Waals surface area (Å²) in [6, 6.07) is 10.0. The van der Waals surface area contributed by atoms with E-state index in [0.29, 0.717) is 9.69 Å². The minimum absolute atomic E-state index is 0.323. The normalized spacial score (nSPS) is 13.1. The molecular weight excluding hydrogens is 383 g/mol. The Kier molecular flexibility index (Phi) is 5.23. The summed E-state index contributed by atoms with van der Waals surface area (Å²) >= 11 is 0. The van der Waals surface area contributed by atoms with Gasteiger partial charge in [-0.1, -0.05) is 47.1 Å². The first-order chi connectivity index (χ1) is 11.5. The smallest absolute Gasteiger partial charge is 0.253 e. The summed E-state index contributed by atoms with van der Waals surface area (Å²) < 4.78 is 85.8. The Labute approximate surface area is 142 Å². The van der Waals surface area contributed by atoms with E-state index in [1.54, 1.807) is 30.3 Å². The number of benzene rings is 2. The fraction of sp³-hybridized carbons (Fsp3) is 0.143. The molecule has 0 bridgehead atoms. The number of halogens is 3. The maximum Gasteiger partial charge on any atom is 0.512 e. The van der Waals surface area contributed by atoms with Crippen LogP contribution >= 0.6 is 0 Å². The van der Waals surface area contributed by atoms with Crippen LogP contribution < -0.4 is 4.13 Å². The van der Waals surface area contributed by atoms with E-state index in [2.05, 4.69) is 10.8 Å². The number of hydrogen-bond donors (Lipinski definition) is 1. The van der Waals surface area contributed by atoms with Crippen LogP contribution in [0.5, 0.6) is 0 Å². The highest BCUT2D eigenvalue weighted by Gasteiger charge is 2.48. The molecule has 11 heteroatoms. The molecule has 0 aliphatic heterocycles. The van der Waals surface area contributed by atoms with E-state index in [-0.39, 0.29) is 0 Å². The lowest BCUT2D eigenvalue weighted by Gasteiger charge is -2.10. The van der Waals surface area contributed by atoms with E-state index < -0.39 is 32.4 Å². The third-order valence-electron chi connectivity index (χ3n) is 3.10. The fourth-order valence-electron chi connectivity index (χ4n) is 1.98. The van der Waals surface area contributed by atoms with Gasteiger partial charge in [-0.2, -0.15) is 21.6 Å². The molecule has 0 radical (unpaired) electrons. The fourth-order valence-corrected chi connectivity index (χ4v) is 3.91. The monoisotopic (exact) mass is 395 g/mol. The molecule has 2 rings (SSSR count). The predicted molar refractivity (Wildman–Crippen MR) is 85.9 cm³/mol. The molecule has 0 fully saturated rings. The molecule has 0 spiro atoms. The number of hydrogen-bond acceptors (Lipinski definition) is 5. The molecule has 6 nitrogen and oxygen atoms in total. The van der Waals surface area contributed by atoms with Gasteiger partial charge in [0.15, 0.2) is 0 Å². The Morgan fingerprint density at radius 2 is 1.80 bits per heavy atom. The number of nitrogens with one attached hydrogen (secondary N) is 1. The average molecular weight is 395 g/mol. The minimum Gasteiger partial charge on any atom is -0.253 e. The molecule has 2 aromatic carbocycles. The highest BCUT2D eigenvalue weighted by molar-refractivity contribution is 8.03. The zero-order valence-electron chi connectivity index (χ0n) is 12.4. The van der Waals surface area contributed by atoms with Crippen LogP contribution in [0.3, 0.4) is 0 Å². The maximum absolute atomic E-state index is 12.2. The Bertz CT molecular complexity index is 1010. The highest BCUT2D eigenvalue weighted by atomic mass is 32.3. The molecule has 0 saturated heterocycles. The van der Waals surface area contributed by atoms with Crippen LogP contribution in [0.4, 0.5) is 13.2 Å². The zero-order chi connectivity index (χ0) is 18.9. The van der Waals surface area contributed by atoms with Crippen molar-refractivity contribution in [2.24, 2.45) is 0 Å². The lowest BCUT2D eigenvalue weighted by Crippen LogP contribution is -2.40. The largest absolute Gasteiger partial charge is 0.512 e. The van der Waals surface area contributed by atoms with E-state index in [1.165, 1.54) is 6.07 Å². The van der Waals surface area contributed by atoms with Gasteiger partial charge in [-0.15, -0.1) is 0 Å². The summed E-state index contributed by atoms with van der Waals surface area (Å²) in [6.45, 7) is 3.02. The molecule has 0 aromatic heterocycles. The van der Waals surface area contributed by atoms with Crippen LogP contribution in [0.1, 0.15) is 11.1 Å². The second-order valence-corrected chi connectivity index (χ2v) is 8.14. The lowest BCUT2D eigenvalue weighted by atomic mass is 10.0. The second kappa shape index (κ2) is 6.75. The summed E-state index contributed by atoms with van der Waals surface area (Å²) in [5, 5.41) is 1.56. The lowest BCUT2D eigenvalue weighted by molar-refractivity contribution is -0.0442. The number of rotatable bonds is 6. The van der Waals surface area contributed by atoms with Crippen LogP contribution in [0.2, 0.25) is 0 Å². The average Bonchev–Trinajstić information content (AvgIpc) is 2.50. The van der Waals surface area contributed by atoms with Crippen LogP contribution in [0, 0.1) is 0 Å². The summed E-state index contributed by atoms with van der Waals surface area (Å²) in [5.41, 5.74) is -4.60. The van der Waals surface area contributed by atoms with Crippen molar-refractivity contribution in [3.8, 4) is 0 Å². The Hall–Kier alpha value is -1.95. The first kappa shape index (κ1) is 19.4.